The molecule has 1 heterocycles. The number of anilines is 1. The van der Waals surface area contributed by atoms with Gasteiger partial charge in [-0.2, -0.15) is 0 Å². The molecule has 0 atom stereocenters. The molecule has 0 spiro atoms. The number of hydrogen-bond donors (Lipinski definition) is 2. The fourth-order valence-electron chi connectivity index (χ4n) is 2.97. The summed E-state index contributed by atoms with van der Waals surface area (Å²) in [6.07, 6.45) is 1.49. The van der Waals surface area contributed by atoms with E-state index in [1.165, 1.54) is 24.5 Å². The van der Waals surface area contributed by atoms with E-state index in [4.69, 9.17) is 4.74 Å². The van der Waals surface area contributed by atoms with Gasteiger partial charge in [0.05, 0.1) is 12.3 Å². The number of aromatic nitrogens is 2. The van der Waals surface area contributed by atoms with Crippen LogP contribution in [0.4, 0.5) is 14.6 Å². The van der Waals surface area contributed by atoms with Crippen LogP contribution in [0.25, 0.3) is 11.3 Å². The highest BCUT2D eigenvalue weighted by molar-refractivity contribution is 9.10. The van der Waals surface area contributed by atoms with Gasteiger partial charge in [-0.3, -0.25) is 0 Å². The first-order valence-corrected chi connectivity index (χ1v) is 10.7. The van der Waals surface area contributed by atoms with E-state index in [1.807, 2.05) is 13.8 Å². The zero-order valence-corrected chi connectivity index (χ0v) is 19.1. The third-order valence-corrected chi connectivity index (χ3v) is 4.99. The number of rotatable bonds is 9. The van der Waals surface area contributed by atoms with Crippen LogP contribution in [0.3, 0.4) is 0 Å². The largest absolute Gasteiger partial charge is 0.492 e. The van der Waals surface area contributed by atoms with E-state index in [0.717, 1.165) is 0 Å². The summed E-state index contributed by atoms with van der Waals surface area (Å²) in [6.45, 7) is 4.58. The number of nitrogens with zero attached hydrogens (tertiary/aromatic N) is 2. The highest BCUT2D eigenvalue weighted by Crippen LogP contribution is 2.28. The quantitative estimate of drug-likeness (QED) is 0.395. The Labute approximate surface area is 192 Å². The van der Waals surface area contributed by atoms with Crippen LogP contribution < -0.4 is 10.1 Å². The van der Waals surface area contributed by atoms with Crippen molar-refractivity contribution in [2.24, 2.45) is 5.92 Å². The van der Waals surface area contributed by atoms with Gasteiger partial charge in [0, 0.05) is 28.2 Å². The number of aromatic carboxylic acids is 1. The summed E-state index contributed by atoms with van der Waals surface area (Å²) in [5, 5.41) is 12.4. The highest BCUT2D eigenvalue weighted by Gasteiger charge is 2.15. The van der Waals surface area contributed by atoms with Gasteiger partial charge in [0.2, 0.25) is 0 Å². The van der Waals surface area contributed by atoms with E-state index in [2.05, 4.69) is 31.2 Å². The van der Waals surface area contributed by atoms with Gasteiger partial charge in [0.1, 0.15) is 35.1 Å². The number of halogens is 3. The fraction of sp³-hybridized carbons (Fsp3) is 0.261. The monoisotopic (exact) mass is 505 g/mol. The summed E-state index contributed by atoms with van der Waals surface area (Å²) in [6, 6.07) is 8.87. The molecule has 3 rings (SSSR count). The minimum absolute atomic E-state index is 0.00816. The molecule has 168 valence electrons. The van der Waals surface area contributed by atoms with E-state index >= 15 is 0 Å². The van der Waals surface area contributed by atoms with E-state index in [9.17, 15) is 18.7 Å². The van der Waals surface area contributed by atoms with Crippen molar-refractivity contribution in [3.8, 4) is 17.0 Å². The molecular formula is C23H22BrF2N3O3. The third kappa shape index (κ3) is 6.00. The Bertz CT molecular complexity index is 1100. The number of carbonyl (C=O) groups is 1. The molecule has 0 aliphatic heterocycles. The van der Waals surface area contributed by atoms with Gasteiger partial charge < -0.3 is 15.2 Å². The van der Waals surface area contributed by atoms with E-state index in [-0.39, 0.29) is 35.8 Å². The molecule has 0 amide bonds. The van der Waals surface area contributed by atoms with Crippen LogP contribution in [0.2, 0.25) is 0 Å². The number of carboxylic acids is 1. The van der Waals surface area contributed by atoms with Crippen molar-refractivity contribution >= 4 is 27.7 Å². The summed E-state index contributed by atoms with van der Waals surface area (Å²) in [4.78, 5) is 19.9. The predicted octanol–water partition coefficient (Wildman–Crippen LogP) is 5.57. The summed E-state index contributed by atoms with van der Waals surface area (Å²) < 4.78 is 34.0. The summed E-state index contributed by atoms with van der Waals surface area (Å²) >= 11 is 3.06. The maximum atomic E-state index is 14.0. The Balaban J connectivity index is 1.75. The van der Waals surface area contributed by atoms with Crippen molar-refractivity contribution in [3.63, 3.8) is 0 Å². The molecule has 0 aliphatic rings. The average molecular weight is 506 g/mol. The SMILES string of the molecule is CC(C)COc1cc(-c2cc(NCCc3c(F)cc(Br)cc3F)ncn2)ccc1C(=O)O. The first-order valence-electron chi connectivity index (χ1n) is 9.94. The van der Waals surface area contributed by atoms with Crippen molar-refractivity contribution in [2.45, 2.75) is 20.3 Å². The Morgan fingerprint density at radius 2 is 1.88 bits per heavy atom. The average Bonchev–Trinajstić information content (AvgIpc) is 2.74. The number of hydrogen-bond acceptors (Lipinski definition) is 5. The molecule has 32 heavy (non-hydrogen) atoms. The maximum absolute atomic E-state index is 14.0. The van der Waals surface area contributed by atoms with Crippen molar-refractivity contribution in [2.75, 3.05) is 18.5 Å². The summed E-state index contributed by atoms with van der Waals surface area (Å²) in [5.41, 5.74) is 1.27. The van der Waals surface area contributed by atoms with Crippen LogP contribution in [0.15, 0.2) is 47.2 Å². The van der Waals surface area contributed by atoms with Gasteiger partial charge >= 0.3 is 5.97 Å². The molecule has 2 N–H and O–H groups in total. The molecule has 0 saturated heterocycles. The van der Waals surface area contributed by atoms with Gasteiger partial charge in [0.15, 0.2) is 0 Å². The van der Waals surface area contributed by atoms with Crippen LogP contribution in [0.1, 0.15) is 29.8 Å². The molecule has 1 aromatic heterocycles. The lowest BCUT2D eigenvalue weighted by atomic mass is 10.1. The van der Waals surface area contributed by atoms with Crippen LogP contribution in [-0.4, -0.2) is 34.2 Å². The number of ether oxygens (including phenoxy) is 1. The molecular weight excluding hydrogens is 484 g/mol. The zero-order valence-electron chi connectivity index (χ0n) is 17.5. The second-order valence-electron chi connectivity index (χ2n) is 7.53. The lowest BCUT2D eigenvalue weighted by Gasteiger charge is -2.13. The van der Waals surface area contributed by atoms with Crippen molar-refractivity contribution in [3.05, 3.63) is 70.0 Å². The Morgan fingerprint density at radius 1 is 1.16 bits per heavy atom. The third-order valence-electron chi connectivity index (χ3n) is 4.53. The van der Waals surface area contributed by atoms with Gasteiger partial charge in [0.25, 0.3) is 0 Å². The van der Waals surface area contributed by atoms with Crippen molar-refractivity contribution in [1.82, 2.24) is 9.97 Å². The number of benzene rings is 2. The predicted molar refractivity (Wildman–Crippen MR) is 121 cm³/mol. The Hall–Kier alpha value is -3.07. The smallest absolute Gasteiger partial charge is 0.339 e. The maximum Gasteiger partial charge on any atom is 0.339 e. The lowest BCUT2D eigenvalue weighted by molar-refractivity contribution is 0.0691. The second kappa shape index (κ2) is 10.5. The lowest BCUT2D eigenvalue weighted by Crippen LogP contribution is -2.10. The van der Waals surface area contributed by atoms with Crippen LogP contribution in [-0.2, 0) is 6.42 Å². The van der Waals surface area contributed by atoms with E-state index in [0.29, 0.717) is 28.2 Å². The second-order valence-corrected chi connectivity index (χ2v) is 8.45. The summed E-state index contributed by atoms with van der Waals surface area (Å²) in [7, 11) is 0. The molecule has 0 saturated carbocycles. The Morgan fingerprint density at radius 3 is 2.53 bits per heavy atom. The zero-order chi connectivity index (χ0) is 23.3. The highest BCUT2D eigenvalue weighted by atomic mass is 79.9. The molecule has 0 bridgehead atoms. The van der Waals surface area contributed by atoms with E-state index < -0.39 is 17.6 Å². The number of nitrogens with one attached hydrogen (secondary N) is 1. The molecule has 9 heteroatoms. The molecule has 2 aromatic carbocycles. The van der Waals surface area contributed by atoms with Crippen molar-refractivity contribution < 1.29 is 23.4 Å². The van der Waals surface area contributed by atoms with Gasteiger partial charge in [-0.05, 0) is 36.6 Å². The number of carboxylic acid groups (broad SMARTS) is 1. The first-order chi connectivity index (χ1) is 15.2. The first kappa shape index (κ1) is 23.6. The Kier molecular flexibility index (Phi) is 7.74. The van der Waals surface area contributed by atoms with Crippen LogP contribution >= 0.6 is 15.9 Å². The fourth-order valence-corrected chi connectivity index (χ4v) is 3.37. The minimum Gasteiger partial charge on any atom is -0.492 e. The van der Waals surface area contributed by atoms with Crippen molar-refractivity contribution in [1.29, 1.82) is 0 Å². The molecule has 0 aliphatic carbocycles. The molecule has 0 unspecified atom stereocenters. The van der Waals surface area contributed by atoms with Gasteiger partial charge in [-0.1, -0.05) is 35.8 Å². The molecule has 3 aromatic rings. The van der Waals surface area contributed by atoms with Gasteiger partial charge in [-0.15, -0.1) is 0 Å². The molecule has 6 nitrogen and oxygen atoms in total. The van der Waals surface area contributed by atoms with Crippen LogP contribution in [0, 0.1) is 17.6 Å². The standard InChI is InChI=1S/C23H22BrF2N3O3/c1-13(2)11-32-21-7-14(3-4-17(21)23(30)31)20-10-22(29-12-28-20)27-6-5-16-18(25)8-15(24)9-19(16)26/h3-4,7-10,12-13H,5-6,11H2,1-2H3,(H,30,31)(H,27,28,29). The normalized spacial score (nSPS) is 10.9. The molecule has 0 radical (unpaired) electrons. The summed E-state index contributed by atoms with van der Waals surface area (Å²) in [5.74, 6) is -1.34. The topological polar surface area (TPSA) is 84.3 Å². The van der Waals surface area contributed by atoms with Crippen LogP contribution in [0.5, 0.6) is 5.75 Å². The van der Waals surface area contributed by atoms with E-state index in [1.54, 1.807) is 18.2 Å². The minimum atomic E-state index is -1.08. The van der Waals surface area contributed by atoms with Gasteiger partial charge in [-0.25, -0.2) is 23.5 Å². The molecule has 0 fully saturated rings.